The molecule has 0 aromatic heterocycles. The minimum atomic E-state index is 0.407. The third kappa shape index (κ3) is 3.46. The van der Waals surface area contributed by atoms with Crippen LogP contribution in [0.5, 0.6) is 0 Å². The Morgan fingerprint density at radius 2 is 2.20 bits per heavy atom. The molecule has 0 atom stereocenters. The van der Waals surface area contributed by atoms with Crippen molar-refractivity contribution >= 4 is 0 Å². The number of nitriles is 2. The van der Waals surface area contributed by atoms with E-state index in [0.717, 1.165) is 6.42 Å². The standard InChI is InChI=1S/C8H8N2/c1-2-3-4-8(7-10)5-6-9/h3-5H,2H2,1H3. The van der Waals surface area contributed by atoms with E-state index >= 15 is 0 Å². The Bertz CT molecular complexity index is 223. The molecule has 0 aliphatic carbocycles. The molecule has 0 aromatic carbocycles. The van der Waals surface area contributed by atoms with E-state index in [-0.39, 0.29) is 0 Å². The lowest BCUT2D eigenvalue weighted by atomic mass is 10.2. The van der Waals surface area contributed by atoms with Gasteiger partial charge in [0.15, 0.2) is 0 Å². The average molecular weight is 132 g/mol. The Morgan fingerprint density at radius 1 is 1.50 bits per heavy atom. The summed E-state index contributed by atoms with van der Waals surface area (Å²) < 4.78 is 0. The van der Waals surface area contributed by atoms with Crippen LogP contribution in [0.3, 0.4) is 0 Å². The summed E-state index contributed by atoms with van der Waals surface area (Å²) in [7, 11) is 0. The molecule has 0 radical (unpaired) electrons. The second-order valence-corrected chi connectivity index (χ2v) is 1.65. The topological polar surface area (TPSA) is 47.6 Å². The van der Waals surface area contributed by atoms with Crippen molar-refractivity contribution in [3.05, 3.63) is 23.8 Å². The number of rotatable bonds is 2. The number of allylic oxidation sites excluding steroid dienone is 4. The van der Waals surface area contributed by atoms with Crippen LogP contribution in [0.4, 0.5) is 0 Å². The largest absolute Gasteiger partial charge is 0.193 e. The number of hydrogen-bond donors (Lipinski definition) is 0. The molecule has 0 rings (SSSR count). The molecule has 0 bridgehead atoms. The second kappa shape index (κ2) is 5.59. The molecule has 0 N–H and O–H groups in total. The maximum Gasteiger partial charge on any atom is 0.0999 e. The summed E-state index contributed by atoms with van der Waals surface area (Å²) in [6.45, 7) is 1.97. The average Bonchev–Trinajstić information content (AvgIpc) is 1.98. The third-order valence-corrected chi connectivity index (χ3v) is 0.882. The van der Waals surface area contributed by atoms with Crippen LogP contribution in [0.2, 0.25) is 0 Å². The molecule has 2 nitrogen and oxygen atoms in total. The molecule has 0 spiro atoms. The third-order valence-electron chi connectivity index (χ3n) is 0.882. The van der Waals surface area contributed by atoms with Gasteiger partial charge in [-0.3, -0.25) is 0 Å². The van der Waals surface area contributed by atoms with Crippen molar-refractivity contribution in [1.29, 1.82) is 10.5 Å². The van der Waals surface area contributed by atoms with Gasteiger partial charge in [0.2, 0.25) is 0 Å². The second-order valence-electron chi connectivity index (χ2n) is 1.65. The van der Waals surface area contributed by atoms with E-state index in [2.05, 4.69) is 0 Å². The van der Waals surface area contributed by atoms with Gasteiger partial charge in [-0.05, 0) is 12.5 Å². The zero-order valence-electron chi connectivity index (χ0n) is 5.83. The molecule has 0 saturated heterocycles. The number of hydrogen-bond acceptors (Lipinski definition) is 2. The molecule has 50 valence electrons. The van der Waals surface area contributed by atoms with Gasteiger partial charge in [0, 0.05) is 6.08 Å². The molecule has 0 aliphatic rings. The summed E-state index contributed by atoms with van der Waals surface area (Å²) in [5.41, 5.74) is 0.407. The highest BCUT2D eigenvalue weighted by atomic mass is 14.2. The van der Waals surface area contributed by atoms with Gasteiger partial charge in [0.05, 0.1) is 17.7 Å². The minimum Gasteiger partial charge on any atom is -0.193 e. The van der Waals surface area contributed by atoms with Crippen LogP contribution in [-0.2, 0) is 0 Å². The highest BCUT2D eigenvalue weighted by Crippen LogP contribution is 1.94. The fourth-order valence-corrected chi connectivity index (χ4v) is 0.432. The predicted octanol–water partition coefficient (Wildman–Crippen LogP) is 1.93. The molecule has 0 fully saturated rings. The Labute approximate surface area is 60.7 Å². The lowest BCUT2D eigenvalue weighted by Crippen LogP contribution is -1.68. The van der Waals surface area contributed by atoms with Gasteiger partial charge < -0.3 is 0 Å². The van der Waals surface area contributed by atoms with E-state index in [4.69, 9.17) is 10.5 Å². The Kier molecular flexibility index (Phi) is 4.73. The Hall–Kier alpha value is -1.54. The van der Waals surface area contributed by atoms with Crippen molar-refractivity contribution in [3.8, 4) is 12.1 Å². The van der Waals surface area contributed by atoms with Gasteiger partial charge in [-0.15, -0.1) is 0 Å². The number of nitrogens with zero attached hydrogens (tertiary/aromatic N) is 2. The summed E-state index contributed by atoms with van der Waals surface area (Å²) in [5.74, 6) is 0. The maximum absolute atomic E-state index is 8.36. The molecule has 0 amide bonds. The summed E-state index contributed by atoms with van der Waals surface area (Å²) in [5, 5.41) is 16.5. The zero-order chi connectivity index (χ0) is 7.82. The molecule has 0 aliphatic heterocycles. The van der Waals surface area contributed by atoms with Crippen molar-refractivity contribution in [2.45, 2.75) is 13.3 Å². The van der Waals surface area contributed by atoms with Crippen molar-refractivity contribution in [1.82, 2.24) is 0 Å². The molecular weight excluding hydrogens is 124 g/mol. The van der Waals surface area contributed by atoms with E-state index in [0.29, 0.717) is 5.57 Å². The van der Waals surface area contributed by atoms with Gasteiger partial charge in [-0.2, -0.15) is 10.5 Å². The first-order valence-electron chi connectivity index (χ1n) is 3.01. The van der Waals surface area contributed by atoms with Crippen LogP contribution in [0.25, 0.3) is 0 Å². The van der Waals surface area contributed by atoms with Crippen LogP contribution in [-0.4, -0.2) is 0 Å². The van der Waals surface area contributed by atoms with Crippen molar-refractivity contribution in [2.24, 2.45) is 0 Å². The SMILES string of the molecule is CCC=CC(C#N)=CC#N. The monoisotopic (exact) mass is 132 g/mol. The molecule has 0 aromatic rings. The van der Waals surface area contributed by atoms with Crippen LogP contribution in [0, 0.1) is 22.7 Å². The van der Waals surface area contributed by atoms with Crippen LogP contribution in [0.1, 0.15) is 13.3 Å². The molecule has 0 heterocycles. The van der Waals surface area contributed by atoms with Gasteiger partial charge in [0.25, 0.3) is 0 Å². The first-order valence-corrected chi connectivity index (χ1v) is 3.01. The molecule has 2 heteroatoms. The maximum atomic E-state index is 8.36. The van der Waals surface area contributed by atoms with Crippen molar-refractivity contribution in [2.75, 3.05) is 0 Å². The minimum absolute atomic E-state index is 0.407. The Morgan fingerprint density at radius 3 is 2.60 bits per heavy atom. The fourth-order valence-electron chi connectivity index (χ4n) is 0.432. The fraction of sp³-hybridized carbons (Fsp3) is 0.250. The molecule has 0 saturated carbocycles. The normalized spacial score (nSPS) is 10.9. The highest BCUT2D eigenvalue weighted by molar-refractivity contribution is 5.36. The van der Waals surface area contributed by atoms with Crippen LogP contribution >= 0.6 is 0 Å². The summed E-state index contributed by atoms with van der Waals surface area (Å²) in [6.07, 6.45) is 5.59. The van der Waals surface area contributed by atoms with Gasteiger partial charge in [0.1, 0.15) is 0 Å². The van der Waals surface area contributed by atoms with E-state index < -0.39 is 0 Å². The van der Waals surface area contributed by atoms with E-state index in [1.807, 2.05) is 19.1 Å². The first-order chi connectivity index (χ1) is 4.85. The zero-order valence-corrected chi connectivity index (χ0v) is 5.83. The van der Waals surface area contributed by atoms with Crippen molar-refractivity contribution < 1.29 is 0 Å². The summed E-state index contributed by atoms with van der Waals surface area (Å²) >= 11 is 0. The summed E-state index contributed by atoms with van der Waals surface area (Å²) in [4.78, 5) is 0. The predicted molar refractivity (Wildman–Crippen MR) is 38.7 cm³/mol. The quantitative estimate of drug-likeness (QED) is 0.425. The van der Waals surface area contributed by atoms with Gasteiger partial charge in [-0.1, -0.05) is 13.0 Å². The van der Waals surface area contributed by atoms with E-state index in [1.165, 1.54) is 6.08 Å². The summed E-state index contributed by atoms with van der Waals surface area (Å²) in [6, 6.07) is 3.68. The van der Waals surface area contributed by atoms with E-state index in [1.54, 1.807) is 12.1 Å². The van der Waals surface area contributed by atoms with Crippen molar-refractivity contribution in [3.63, 3.8) is 0 Å². The van der Waals surface area contributed by atoms with E-state index in [9.17, 15) is 0 Å². The molecular formula is C8H8N2. The van der Waals surface area contributed by atoms with Gasteiger partial charge in [-0.25, -0.2) is 0 Å². The van der Waals surface area contributed by atoms with Crippen LogP contribution < -0.4 is 0 Å². The highest BCUT2D eigenvalue weighted by Gasteiger charge is 1.83. The lowest BCUT2D eigenvalue weighted by Gasteiger charge is -1.79. The molecule has 10 heavy (non-hydrogen) atoms. The smallest absolute Gasteiger partial charge is 0.0999 e. The van der Waals surface area contributed by atoms with Crippen LogP contribution in [0.15, 0.2) is 23.8 Å². The molecule has 0 unspecified atom stereocenters. The van der Waals surface area contributed by atoms with Gasteiger partial charge >= 0.3 is 0 Å². The first kappa shape index (κ1) is 8.46. The Balaban J connectivity index is 4.16. The lowest BCUT2D eigenvalue weighted by molar-refractivity contribution is 1.22.